The van der Waals surface area contributed by atoms with E-state index in [1.807, 2.05) is 13.0 Å². The highest BCUT2D eigenvalue weighted by Gasteiger charge is 2.23. The molecule has 2 aromatic rings. The van der Waals surface area contributed by atoms with Crippen LogP contribution in [0.5, 0.6) is 0 Å². The number of hydrogen-bond acceptors (Lipinski definition) is 5. The Labute approximate surface area is 116 Å². The molecule has 106 valence electrons. The van der Waals surface area contributed by atoms with Gasteiger partial charge in [-0.15, -0.1) is 0 Å². The highest BCUT2D eigenvalue weighted by molar-refractivity contribution is 5.19. The molecule has 5 nitrogen and oxygen atoms in total. The van der Waals surface area contributed by atoms with Crippen LogP contribution in [0.2, 0.25) is 0 Å². The molecule has 1 aromatic carbocycles. The monoisotopic (exact) mass is 277 g/mol. The Morgan fingerprint density at radius 3 is 3.05 bits per heavy atom. The van der Waals surface area contributed by atoms with Crippen molar-refractivity contribution >= 4 is 0 Å². The summed E-state index contributed by atoms with van der Waals surface area (Å²) in [5.74, 6) is -0.236. The molecule has 1 aliphatic rings. The average Bonchev–Trinajstić information content (AvgIpc) is 2.85. The predicted octanol–water partition coefficient (Wildman–Crippen LogP) is 2.09. The van der Waals surface area contributed by atoms with E-state index >= 15 is 0 Å². The molecular formula is C14H16FN3O2. The molecule has 1 aromatic heterocycles. The second kappa shape index (κ2) is 5.68. The van der Waals surface area contributed by atoms with E-state index in [0.29, 0.717) is 19.7 Å². The van der Waals surface area contributed by atoms with Crippen LogP contribution in [-0.4, -0.2) is 34.9 Å². The number of rotatable bonds is 3. The number of aryl methyl sites for hydroxylation is 1. The molecule has 1 fully saturated rings. The van der Waals surface area contributed by atoms with Gasteiger partial charge in [-0.05, 0) is 24.6 Å². The van der Waals surface area contributed by atoms with Crippen LogP contribution < -0.4 is 0 Å². The SMILES string of the molecule is Cc1nonc1CN1CCOC(c2cccc(F)c2)C1. The van der Waals surface area contributed by atoms with Gasteiger partial charge in [0.1, 0.15) is 17.2 Å². The molecule has 0 radical (unpaired) electrons. The van der Waals surface area contributed by atoms with Crippen molar-refractivity contribution in [3.05, 3.63) is 47.0 Å². The smallest absolute Gasteiger partial charge is 0.123 e. The van der Waals surface area contributed by atoms with E-state index in [9.17, 15) is 4.39 Å². The van der Waals surface area contributed by atoms with Gasteiger partial charge in [0.25, 0.3) is 0 Å². The van der Waals surface area contributed by atoms with E-state index in [1.54, 1.807) is 6.07 Å². The topological polar surface area (TPSA) is 51.4 Å². The highest BCUT2D eigenvalue weighted by atomic mass is 19.1. The predicted molar refractivity (Wildman–Crippen MR) is 69.4 cm³/mol. The molecule has 20 heavy (non-hydrogen) atoms. The van der Waals surface area contributed by atoms with Crippen LogP contribution in [0.25, 0.3) is 0 Å². The molecule has 2 heterocycles. The maximum Gasteiger partial charge on any atom is 0.123 e. The third kappa shape index (κ3) is 2.86. The fourth-order valence-corrected chi connectivity index (χ4v) is 2.36. The Hall–Kier alpha value is -1.79. The lowest BCUT2D eigenvalue weighted by atomic mass is 10.1. The van der Waals surface area contributed by atoms with E-state index in [2.05, 4.69) is 15.2 Å². The largest absolute Gasteiger partial charge is 0.371 e. The first kappa shape index (κ1) is 13.2. The van der Waals surface area contributed by atoms with Crippen LogP contribution in [0.1, 0.15) is 23.1 Å². The summed E-state index contributed by atoms with van der Waals surface area (Å²) >= 11 is 0. The molecule has 6 heteroatoms. The third-order valence-electron chi connectivity index (χ3n) is 3.49. The molecule has 1 aliphatic heterocycles. The van der Waals surface area contributed by atoms with Crippen LogP contribution in [0.15, 0.2) is 28.9 Å². The van der Waals surface area contributed by atoms with Crippen LogP contribution in [0.3, 0.4) is 0 Å². The van der Waals surface area contributed by atoms with E-state index in [-0.39, 0.29) is 11.9 Å². The number of benzene rings is 1. The molecule has 0 saturated carbocycles. The lowest BCUT2D eigenvalue weighted by Gasteiger charge is -2.32. The molecular weight excluding hydrogens is 261 g/mol. The van der Waals surface area contributed by atoms with Gasteiger partial charge in [-0.2, -0.15) is 0 Å². The minimum Gasteiger partial charge on any atom is -0.371 e. The zero-order chi connectivity index (χ0) is 13.9. The molecule has 0 amide bonds. The van der Waals surface area contributed by atoms with Gasteiger partial charge in [-0.25, -0.2) is 9.02 Å². The Morgan fingerprint density at radius 2 is 2.30 bits per heavy atom. The minimum atomic E-state index is -0.236. The normalized spacial score (nSPS) is 20.2. The molecule has 0 aliphatic carbocycles. The summed E-state index contributed by atoms with van der Waals surface area (Å²) in [6.07, 6.45) is -0.111. The fourth-order valence-electron chi connectivity index (χ4n) is 2.36. The number of nitrogens with zero attached hydrogens (tertiary/aromatic N) is 3. The second-order valence-corrected chi connectivity index (χ2v) is 4.95. The van der Waals surface area contributed by atoms with E-state index < -0.39 is 0 Å². The van der Waals surface area contributed by atoms with Gasteiger partial charge >= 0.3 is 0 Å². The summed E-state index contributed by atoms with van der Waals surface area (Å²) in [5.41, 5.74) is 2.51. The lowest BCUT2D eigenvalue weighted by Crippen LogP contribution is -2.38. The van der Waals surface area contributed by atoms with Crippen molar-refractivity contribution < 1.29 is 13.8 Å². The minimum absolute atomic E-state index is 0.111. The van der Waals surface area contributed by atoms with Crippen LogP contribution >= 0.6 is 0 Å². The zero-order valence-electron chi connectivity index (χ0n) is 11.3. The van der Waals surface area contributed by atoms with Gasteiger partial charge in [0.05, 0.1) is 12.7 Å². The van der Waals surface area contributed by atoms with E-state index in [4.69, 9.17) is 9.37 Å². The van der Waals surface area contributed by atoms with Gasteiger partial charge in [-0.3, -0.25) is 4.90 Å². The Kier molecular flexibility index (Phi) is 3.75. The van der Waals surface area contributed by atoms with Crippen LogP contribution in [0, 0.1) is 12.7 Å². The van der Waals surface area contributed by atoms with Gasteiger partial charge < -0.3 is 4.74 Å². The van der Waals surface area contributed by atoms with Crippen molar-refractivity contribution in [2.75, 3.05) is 19.7 Å². The molecule has 0 bridgehead atoms. The molecule has 1 atom stereocenters. The maximum absolute atomic E-state index is 13.3. The summed E-state index contributed by atoms with van der Waals surface area (Å²) in [6, 6.07) is 6.56. The summed E-state index contributed by atoms with van der Waals surface area (Å²) in [7, 11) is 0. The van der Waals surface area contributed by atoms with Crippen molar-refractivity contribution in [1.29, 1.82) is 0 Å². The lowest BCUT2D eigenvalue weighted by molar-refractivity contribution is -0.0336. The van der Waals surface area contributed by atoms with E-state index in [0.717, 1.165) is 23.5 Å². The molecule has 0 N–H and O–H groups in total. The van der Waals surface area contributed by atoms with Gasteiger partial charge in [0, 0.05) is 19.6 Å². The first-order valence-corrected chi connectivity index (χ1v) is 6.60. The number of ether oxygens (including phenoxy) is 1. The second-order valence-electron chi connectivity index (χ2n) is 4.95. The first-order valence-electron chi connectivity index (χ1n) is 6.60. The fraction of sp³-hybridized carbons (Fsp3) is 0.429. The highest BCUT2D eigenvalue weighted by Crippen LogP contribution is 2.23. The quantitative estimate of drug-likeness (QED) is 0.860. The average molecular weight is 277 g/mol. The number of hydrogen-bond donors (Lipinski definition) is 0. The standard InChI is InChI=1S/C14H16FN3O2/c1-10-13(17-20-16-10)8-18-5-6-19-14(9-18)11-3-2-4-12(15)7-11/h2-4,7,14H,5-6,8-9H2,1H3. The molecule has 1 saturated heterocycles. The van der Waals surface area contributed by atoms with Crippen molar-refractivity contribution in [2.45, 2.75) is 19.6 Å². The summed E-state index contributed by atoms with van der Waals surface area (Å²) < 4.78 is 23.7. The zero-order valence-corrected chi connectivity index (χ0v) is 11.3. The van der Waals surface area contributed by atoms with Crippen LogP contribution in [0.4, 0.5) is 4.39 Å². The van der Waals surface area contributed by atoms with Crippen molar-refractivity contribution in [2.24, 2.45) is 0 Å². The van der Waals surface area contributed by atoms with Crippen molar-refractivity contribution in [3.63, 3.8) is 0 Å². The summed E-state index contributed by atoms with van der Waals surface area (Å²) in [4.78, 5) is 2.21. The molecule has 1 unspecified atom stereocenters. The Balaban J connectivity index is 1.69. The van der Waals surface area contributed by atoms with Gasteiger partial charge in [-0.1, -0.05) is 22.4 Å². The first-order chi connectivity index (χ1) is 9.72. The van der Waals surface area contributed by atoms with Gasteiger partial charge in [0.15, 0.2) is 0 Å². The summed E-state index contributed by atoms with van der Waals surface area (Å²) in [5, 5.41) is 7.67. The number of aromatic nitrogens is 2. The number of morpholine rings is 1. The number of halogens is 1. The Bertz CT molecular complexity index is 587. The maximum atomic E-state index is 13.3. The van der Waals surface area contributed by atoms with Crippen molar-refractivity contribution in [3.8, 4) is 0 Å². The summed E-state index contributed by atoms with van der Waals surface area (Å²) in [6.45, 7) is 4.68. The third-order valence-corrected chi connectivity index (χ3v) is 3.49. The van der Waals surface area contributed by atoms with E-state index in [1.165, 1.54) is 12.1 Å². The molecule has 3 rings (SSSR count). The van der Waals surface area contributed by atoms with Gasteiger partial charge in [0.2, 0.25) is 0 Å². The molecule has 0 spiro atoms. The Morgan fingerprint density at radius 1 is 1.40 bits per heavy atom. The van der Waals surface area contributed by atoms with Crippen LogP contribution in [-0.2, 0) is 11.3 Å². The van der Waals surface area contributed by atoms with Crippen molar-refractivity contribution in [1.82, 2.24) is 15.2 Å².